The summed E-state index contributed by atoms with van der Waals surface area (Å²) in [7, 11) is 2.04. The average Bonchev–Trinajstić information content (AvgIpc) is 2.44. The molecule has 0 aliphatic heterocycles. The van der Waals surface area contributed by atoms with E-state index in [0.717, 1.165) is 11.3 Å². The molecule has 0 saturated carbocycles. The first-order valence-corrected chi connectivity index (χ1v) is 7.23. The number of nitrogens with two attached hydrogens (primary N) is 1. The smallest absolute Gasteiger partial charge is 0.0662 e. The molecule has 106 valence electrons. The highest BCUT2D eigenvalue weighted by molar-refractivity contribution is 6.42. The summed E-state index contributed by atoms with van der Waals surface area (Å²) < 4.78 is 0. The number of likely N-dealkylation sites (N-methyl/N-ethyl adjacent to an activating group) is 1. The fraction of sp³-hybridized carbons (Fsp3) is 0.250. The standard InChI is InChI=1S/C16H18Cl2N2/c1-11-5-3-4-6-15(11)20(2)16(10-19)12-7-8-13(17)14(18)9-12/h3-9,16H,10,19H2,1-2H3. The Hall–Kier alpha value is -1.22. The summed E-state index contributed by atoms with van der Waals surface area (Å²) in [6.07, 6.45) is 0. The summed E-state index contributed by atoms with van der Waals surface area (Å²) >= 11 is 12.1. The minimum Gasteiger partial charge on any atom is -0.366 e. The van der Waals surface area contributed by atoms with Crippen LogP contribution in [0.25, 0.3) is 0 Å². The summed E-state index contributed by atoms with van der Waals surface area (Å²) in [5.74, 6) is 0. The van der Waals surface area contributed by atoms with Crippen LogP contribution in [0.3, 0.4) is 0 Å². The molecule has 2 N–H and O–H groups in total. The molecule has 0 amide bonds. The SMILES string of the molecule is Cc1ccccc1N(C)C(CN)c1ccc(Cl)c(Cl)c1. The molecule has 2 aromatic rings. The van der Waals surface area contributed by atoms with Crippen molar-refractivity contribution in [3.63, 3.8) is 0 Å². The molecule has 0 aliphatic rings. The number of hydrogen-bond acceptors (Lipinski definition) is 2. The largest absolute Gasteiger partial charge is 0.366 e. The molecule has 0 saturated heterocycles. The molecule has 0 spiro atoms. The predicted octanol–water partition coefficient (Wildman–Crippen LogP) is 4.44. The molecule has 0 aliphatic carbocycles. The van der Waals surface area contributed by atoms with Crippen LogP contribution in [0.15, 0.2) is 42.5 Å². The number of hydrogen-bond donors (Lipinski definition) is 1. The second-order valence-electron chi connectivity index (χ2n) is 4.82. The molecule has 1 atom stereocenters. The van der Waals surface area contributed by atoms with Gasteiger partial charge in [-0.15, -0.1) is 0 Å². The molecular formula is C16H18Cl2N2. The van der Waals surface area contributed by atoms with E-state index in [2.05, 4.69) is 24.0 Å². The molecule has 4 heteroatoms. The fourth-order valence-electron chi connectivity index (χ4n) is 2.36. The van der Waals surface area contributed by atoms with Crippen LogP contribution in [0.5, 0.6) is 0 Å². The zero-order valence-electron chi connectivity index (χ0n) is 11.6. The van der Waals surface area contributed by atoms with Gasteiger partial charge in [0.1, 0.15) is 0 Å². The van der Waals surface area contributed by atoms with Gasteiger partial charge in [-0.2, -0.15) is 0 Å². The van der Waals surface area contributed by atoms with Gasteiger partial charge in [0, 0.05) is 19.3 Å². The first-order valence-electron chi connectivity index (χ1n) is 6.48. The van der Waals surface area contributed by atoms with Gasteiger partial charge >= 0.3 is 0 Å². The van der Waals surface area contributed by atoms with Crippen LogP contribution >= 0.6 is 23.2 Å². The summed E-state index contributed by atoms with van der Waals surface area (Å²) in [5.41, 5.74) is 9.40. The van der Waals surface area contributed by atoms with Crippen molar-refractivity contribution < 1.29 is 0 Å². The van der Waals surface area contributed by atoms with Crippen LogP contribution in [0, 0.1) is 6.92 Å². The lowest BCUT2D eigenvalue weighted by Crippen LogP contribution is -2.30. The van der Waals surface area contributed by atoms with Gasteiger partial charge in [-0.1, -0.05) is 47.5 Å². The van der Waals surface area contributed by atoms with Crippen molar-refractivity contribution in [3.05, 3.63) is 63.6 Å². The predicted molar refractivity (Wildman–Crippen MR) is 87.8 cm³/mol. The number of halogens is 2. The van der Waals surface area contributed by atoms with Crippen molar-refractivity contribution in [1.29, 1.82) is 0 Å². The number of nitrogens with zero attached hydrogens (tertiary/aromatic N) is 1. The van der Waals surface area contributed by atoms with E-state index in [0.29, 0.717) is 16.6 Å². The Balaban J connectivity index is 2.36. The number of anilines is 1. The second kappa shape index (κ2) is 6.49. The maximum Gasteiger partial charge on any atom is 0.0662 e. The fourth-order valence-corrected chi connectivity index (χ4v) is 2.67. The van der Waals surface area contributed by atoms with Gasteiger partial charge in [0.05, 0.1) is 16.1 Å². The van der Waals surface area contributed by atoms with E-state index in [1.807, 2.05) is 37.4 Å². The lowest BCUT2D eigenvalue weighted by molar-refractivity contribution is 0.679. The van der Waals surface area contributed by atoms with E-state index < -0.39 is 0 Å². The van der Waals surface area contributed by atoms with E-state index in [1.54, 1.807) is 0 Å². The van der Waals surface area contributed by atoms with Crippen LogP contribution in [0.4, 0.5) is 5.69 Å². The van der Waals surface area contributed by atoms with Crippen molar-refractivity contribution >= 4 is 28.9 Å². The molecular weight excluding hydrogens is 291 g/mol. The van der Waals surface area contributed by atoms with Gasteiger partial charge in [-0.25, -0.2) is 0 Å². The summed E-state index contributed by atoms with van der Waals surface area (Å²) in [6, 6.07) is 14.0. The topological polar surface area (TPSA) is 29.3 Å². The maximum absolute atomic E-state index is 6.11. The summed E-state index contributed by atoms with van der Waals surface area (Å²) in [6.45, 7) is 2.59. The van der Waals surface area contributed by atoms with E-state index in [1.165, 1.54) is 5.56 Å². The third kappa shape index (κ3) is 3.09. The van der Waals surface area contributed by atoms with Crippen LogP contribution in [-0.2, 0) is 0 Å². The van der Waals surface area contributed by atoms with Gasteiger partial charge in [-0.05, 0) is 36.2 Å². The number of aryl methyl sites for hydroxylation is 1. The van der Waals surface area contributed by atoms with E-state index in [4.69, 9.17) is 28.9 Å². The monoisotopic (exact) mass is 308 g/mol. The van der Waals surface area contributed by atoms with Gasteiger partial charge in [0.25, 0.3) is 0 Å². The Morgan fingerprint density at radius 3 is 2.40 bits per heavy atom. The number of rotatable bonds is 4. The number of para-hydroxylation sites is 1. The molecule has 0 aromatic heterocycles. The normalized spacial score (nSPS) is 12.2. The molecule has 0 bridgehead atoms. The molecule has 0 heterocycles. The van der Waals surface area contributed by atoms with Gasteiger partial charge in [-0.3, -0.25) is 0 Å². The molecule has 0 fully saturated rings. The number of benzene rings is 2. The molecule has 2 rings (SSSR count). The Bertz CT molecular complexity index is 599. The first-order chi connectivity index (χ1) is 9.54. The minimum absolute atomic E-state index is 0.0610. The third-order valence-corrected chi connectivity index (χ3v) is 4.25. The van der Waals surface area contributed by atoms with Crippen molar-refractivity contribution in [2.45, 2.75) is 13.0 Å². The Morgan fingerprint density at radius 1 is 1.10 bits per heavy atom. The van der Waals surface area contributed by atoms with E-state index in [-0.39, 0.29) is 6.04 Å². The lowest BCUT2D eigenvalue weighted by atomic mass is 10.0. The quantitative estimate of drug-likeness (QED) is 0.905. The maximum atomic E-state index is 6.11. The summed E-state index contributed by atoms with van der Waals surface area (Å²) in [4.78, 5) is 2.18. The van der Waals surface area contributed by atoms with Gasteiger partial charge in [0.2, 0.25) is 0 Å². The van der Waals surface area contributed by atoms with Gasteiger partial charge in [0.15, 0.2) is 0 Å². The zero-order chi connectivity index (χ0) is 14.7. The molecule has 1 unspecified atom stereocenters. The van der Waals surface area contributed by atoms with Crippen LogP contribution in [0.2, 0.25) is 10.0 Å². The van der Waals surface area contributed by atoms with E-state index in [9.17, 15) is 0 Å². The van der Waals surface area contributed by atoms with Gasteiger partial charge < -0.3 is 10.6 Å². The van der Waals surface area contributed by atoms with Crippen molar-refractivity contribution in [3.8, 4) is 0 Å². The van der Waals surface area contributed by atoms with Crippen molar-refractivity contribution in [2.24, 2.45) is 5.73 Å². The first kappa shape index (κ1) is 15.2. The molecule has 2 aromatic carbocycles. The zero-order valence-corrected chi connectivity index (χ0v) is 13.1. The molecule has 0 radical (unpaired) electrons. The lowest BCUT2D eigenvalue weighted by Gasteiger charge is -2.31. The van der Waals surface area contributed by atoms with Crippen LogP contribution in [-0.4, -0.2) is 13.6 Å². The Morgan fingerprint density at radius 2 is 1.80 bits per heavy atom. The third-order valence-electron chi connectivity index (χ3n) is 3.51. The minimum atomic E-state index is 0.0610. The highest BCUT2D eigenvalue weighted by Gasteiger charge is 2.18. The molecule has 2 nitrogen and oxygen atoms in total. The van der Waals surface area contributed by atoms with Crippen LogP contribution < -0.4 is 10.6 Å². The average molecular weight is 309 g/mol. The highest BCUT2D eigenvalue weighted by Crippen LogP contribution is 2.31. The Labute approximate surface area is 130 Å². The highest BCUT2D eigenvalue weighted by atomic mass is 35.5. The second-order valence-corrected chi connectivity index (χ2v) is 5.64. The molecule has 20 heavy (non-hydrogen) atoms. The Kier molecular flexibility index (Phi) is 4.92. The van der Waals surface area contributed by atoms with E-state index >= 15 is 0 Å². The van der Waals surface area contributed by atoms with Crippen LogP contribution in [0.1, 0.15) is 17.2 Å². The van der Waals surface area contributed by atoms with Crippen molar-refractivity contribution in [1.82, 2.24) is 0 Å². The van der Waals surface area contributed by atoms with Crippen molar-refractivity contribution in [2.75, 3.05) is 18.5 Å². The summed E-state index contributed by atoms with van der Waals surface area (Å²) in [5, 5.41) is 1.12.